The van der Waals surface area contributed by atoms with Gasteiger partial charge < -0.3 is 15.0 Å². The molecule has 0 radical (unpaired) electrons. The van der Waals surface area contributed by atoms with Crippen molar-refractivity contribution in [1.82, 2.24) is 15.1 Å². The number of nitrogens with one attached hydrogen (secondary N) is 1. The fourth-order valence-electron chi connectivity index (χ4n) is 3.05. The Hall–Kier alpha value is -2.00. The molecule has 6 nitrogen and oxygen atoms in total. The molecule has 6 heteroatoms. The maximum Gasteiger partial charge on any atom is 0.410 e. The fraction of sp³-hybridized carbons (Fsp3) is 0.700. The van der Waals surface area contributed by atoms with Crippen LogP contribution in [-0.2, 0) is 4.74 Å². The monoisotopic (exact) mass is 362 g/mol. The van der Waals surface area contributed by atoms with Gasteiger partial charge in [0.2, 0.25) is 0 Å². The molecular weight excluding hydrogens is 328 g/mol. The lowest BCUT2D eigenvalue weighted by Crippen LogP contribution is -2.59. The maximum absolute atomic E-state index is 12.4. The first-order chi connectivity index (χ1) is 12.0. The Morgan fingerprint density at radius 3 is 2.31 bits per heavy atom. The number of hydrogen-bond donors (Lipinski definition) is 1. The summed E-state index contributed by atoms with van der Waals surface area (Å²) in [5, 5.41) is 12.1. The summed E-state index contributed by atoms with van der Waals surface area (Å²) in [6.07, 6.45) is 3.50. The van der Waals surface area contributed by atoms with Crippen LogP contribution >= 0.6 is 0 Å². The van der Waals surface area contributed by atoms with Crippen LogP contribution < -0.4 is 5.32 Å². The highest BCUT2D eigenvalue weighted by molar-refractivity contribution is 5.69. The molecule has 0 aromatic rings. The predicted molar refractivity (Wildman–Crippen MR) is 105 cm³/mol. The molecule has 0 aromatic carbocycles. The van der Waals surface area contributed by atoms with Gasteiger partial charge in [0, 0.05) is 49.5 Å². The second kappa shape index (κ2) is 9.63. The van der Waals surface area contributed by atoms with Gasteiger partial charge in [0.25, 0.3) is 0 Å². The first-order valence-corrected chi connectivity index (χ1v) is 9.26. The molecule has 0 bridgehead atoms. The van der Waals surface area contributed by atoms with Crippen molar-refractivity contribution < 1.29 is 9.53 Å². The Bertz CT molecular complexity index is 572. The van der Waals surface area contributed by atoms with Crippen LogP contribution in [0.3, 0.4) is 0 Å². The molecule has 146 valence electrons. The minimum Gasteiger partial charge on any atom is -0.444 e. The molecule has 0 aromatic heterocycles. The van der Waals surface area contributed by atoms with Crippen LogP contribution in [0.2, 0.25) is 0 Å². The minimum absolute atomic E-state index is 0.117. The summed E-state index contributed by atoms with van der Waals surface area (Å²) in [6.45, 7) is 17.0. The number of carbonyl (C=O) groups excluding carboxylic acids is 1. The van der Waals surface area contributed by atoms with Crippen LogP contribution in [0.25, 0.3) is 0 Å². The maximum atomic E-state index is 12.4. The minimum atomic E-state index is -0.472. The normalized spacial score (nSPS) is 22.8. The molecule has 1 rings (SSSR count). The van der Waals surface area contributed by atoms with E-state index in [4.69, 9.17) is 10.00 Å². The summed E-state index contributed by atoms with van der Waals surface area (Å²) in [5.74, 6) is 0. The van der Waals surface area contributed by atoms with Crippen molar-refractivity contribution in [1.29, 1.82) is 5.26 Å². The lowest BCUT2D eigenvalue weighted by molar-refractivity contribution is -0.0146. The smallest absolute Gasteiger partial charge is 0.410 e. The third-order valence-electron chi connectivity index (χ3n) is 4.19. The zero-order valence-electron chi connectivity index (χ0n) is 17.3. The van der Waals surface area contributed by atoms with E-state index in [1.54, 1.807) is 6.92 Å². The van der Waals surface area contributed by atoms with E-state index >= 15 is 0 Å². The first kappa shape index (κ1) is 22.0. The van der Waals surface area contributed by atoms with E-state index in [0.717, 1.165) is 31.9 Å². The zero-order valence-corrected chi connectivity index (χ0v) is 17.3. The Kier molecular flexibility index (Phi) is 8.16. The summed E-state index contributed by atoms with van der Waals surface area (Å²) in [6, 6.07) is 2.34. The molecule has 1 amide bonds. The van der Waals surface area contributed by atoms with Gasteiger partial charge in [-0.15, -0.1) is 0 Å². The quantitative estimate of drug-likeness (QED) is 0.600. The molecule has 0 aliphatic carbocycles. The van der Waals surface area contributed by atoms with Gasteiger partial charge in [-0.3, -0.25) is 4.90 Å². The Labute approximate surface area is 158 Å². The largest absolute Gasteiger partial charge is 0.444 e. The number of carbonyl (C=O) groups is 1. The van der Waals surface area contributed by atoms with Crippen molar-refractivity contribution in [3.63, 3.8) is 0 Å². The van der Waals surface area contributed by atoms with E-state index in [1.807, 2.05) is 44.7 Å². The standard InChI is InChI=1S/C20H34N4O2/c1-15(12-21)8-9-16(2)22-10-11-23-13-17(3)24(18(4)14-23)19(25)26-20(5,6)7/h8-9,17-18,22H,10-11,13-14H2,1-7H3/b15-8-,16-9+/t17-,18-/m1/s1. The fourth-order valence-corrected chi connectivity index (χ4v) is 3.05. The molecule has 2 atom stereocenters. The van der Waals surface area contributed by atoms with Gasteiger partial charge >= 0.3 is 6.09 Å². The molecule has 0 unspecified atom stereocenters. The molecule has 26 heavy (non-hydrogen) atoms. The Morgan fingerprint density at radius 2 is 1.81 bits per heavy atom. The topological polar surface area (TPSA) is 68.6 Å². The van der Waals surface area contributed by atoms with Crippen molar-refractivity contribution in [3.05, 3.63) is 23.4 Å². The lowest BCUT2D eigenvalue weighted by Gasteiger charge is -2.44. The van der Waals surface area contributed by atoms with Gasteiger partial charge in [-0.1, -0.05) is 0 Å². The number of nitriles is 1. The molecule has 1 N–H and O–H groups in total. The second-order valence-corrected chi connectivity index (χ2v) is 8.08. The summed E-state index contributed by atoms with van der Waals surface area (Å²) in [5.41, 5.74) is 1.25. The average molecular weight is 363 g/mol. The number of nitrogens with zero attached hydrogens (tertiary/aromatic N) is 3. The lowest BCUT2D eigenvalue weighted by atomic mass is 10.1. The summed E-state index contributed by atoms with van der Waals surface area (Å²) in [7, 11) is 0. The molecule has 1 fully saturated rings. The van der Waals surface area contributed by atoms with Gasteiger partial charge in [0.05, 0.1) is 6.07 Å². The van der Waals surface area contributed by atoms with Gasteiger partial charge in [-0.05, 0) is 60.6 Å². The van der Waals surface area contributed by atoms with Crippen molar-refractivity contribution in [3.8, 4) is 6.07 Å². The molecule has 1 aliphatic heterocycles. The number of rotatable bonds is 5. The molecule has 1 saturated heterocycles. The van der Waals surface area contributed by atoms with Crippen LogP contribution in [0.5, 0.6) is 0 Å². The van der Waals surface area contributed by atoms with Crippen LogP contribution in [-0.4, -0.2) is 59.8 Å². The number of amides is 1. The molecule has 1 aliphatic rings. The van der Waals surface area contributed by atoms with Crippen molar-refractivity contribution in [2.45, 2.75) is 66.2 Å². The van der Waals surface area contributed by atoms with Crippen molar-refractivity contribution in [2.24, 2.45) is 0 Å². The number of hydrogen-bond acceptors (Lipinski definition) is 5. The van der Waals surface area contributed by atoms with E-state index in [1.165, 1.54) is 0 Å². The highest BCUT2D eigenvalue weighted by atomic mass is 16.6. The van der Waals surface area contributed by atoms with E-state index in [2.05, 4.69) is 30.1 Å². The number of ether oxygens (including phenoxy) is 1. The van der Waals surface area contributed by atoms with Crippen LogP contribution in [0, 0.1) is 11.3 Å². The Balaban J connectivity index is 2.50. The summed E-state index contributed by atoms with van der Waals surface area (Å²) < 4.78 is 5.54. The molecule has 1 heterocycles. The highest BCUT2D eigenvalue weighted by Crippen LogP contribution is 2.19. The zero-order chi connectivity index (χ0) is 19.9. The van der Waals surface area contributed by atoms with Gasteiger partial charge in [-0.25, -0.2) is 4.79 Å². The summed E-state index contributed by atoms with van der Waals surface area (Å²) >= 11 is 0. The van der Waals surface area contributed by atoms with Crippen LogP contribution in [0.1, 0.15) is 48.5 Å². The van der Waals surface area contributed by atoms with E-state index in [0.29, 0.717) is 5.57 Å². The highest BCUT2D eigenvalue weighted by Gasteiger charge is 2.35. The van der Waals surface area contributed by atoms with Crippen LogP contribution in [0.4, 0.5) is 4.79 Å². The Morgan fingerprint density at radius 1 is 1.23 bits per heavy atom. The van der Waals surface area contributed by atoms with Gasteiger partial charge in [-0.2, -0.15) is 5.26 Å². The summed E-state index contributed by atoms with van der Waals surface area (Å²) in [4.78, 5) is 16.7. The molecule has 0 saturated carbocycles. The third-order valence-corrected chi connectivity index (χ3v) is 4.19. The van der Waals surface area contributed by atoms with Crippen molar-refractivity contribution in [2.75, 3.05) is 26.2 Å². The third kappa shape index (κ3) is 7.49. The predicted octanol–water partition coefficient (Wildman–Crippen LogP) is 3.28. The van der Waals surface area contributed by atoms with Crippen molar-refractivity contribution >= 4 is 6.09 Å². The average Bonchev–Trinajstić information content (AvgIpc) is 2.50. The second-order valence-electron chi connectivity index (χ2n) is 8.08. The number of allylic oxidation sites excluding steroid dienone is 4. The first-order valence-electron chi connectivity index (χ1n) is 9.26. The van der Waals surface area contributed by atoms with Gasteiger partial charge in [0.1, 0.15) is 5.60 Å². The number of piperazine rings is 1. The SMILES string of the molecule is C/C(C#N)=C/C=C(\C)NCCN1C[C@@H](C)N(C(=O)OC(C)(C)C)[C@H](C)C1. The van der Waals surface area contributed by atoms with Crippen LogP contribution in [0.15, 0.2) is 23.4 Å². The molecular formula is C20H34N4O2. The van der Waals surface area contributed by atoms with E-state index in [-0.39, 0.29) is 18.2 Å². The van der Waals surface area contributed by atoms with E-state index < -0.39 is 5.60 Å². The van der Waals surface area contributed by atoms with Gasteiger partial charge in [0.15, 0.2) is 0 Å². The molecule has 0 spiro atoms. The van der Waals surface area contributed by atoms with E-state index in [9.17, 15) is 4.79 Å².